The van der Waals surface area contributed by atoms with E-state index in [9.17, 15) is 16.8 Å². The van der Waals surface area contributed by atoms with Gasteiger partial charge >= 0.3 is 0 Å². The number of anilines is 2. The summed E-state index contributed by atoms with van der Waals surface area (Å²) in [5.41, 5.74) is 2.36. The first-order chi connectivity index (χ1) is 13.5. The quantitative estimate of drug-likeness (QED) is 0.659. The monoisotopic (exact) mass is 474 g/mol. The Kier molecular flexibility index (Phi) is 6.16. The van der Waals surface area contributed by atoms with E-state index in [1.807, 2.05) is 43.3 Å². The van der Waals surface area contributed by atoms with Crippen LogP contribution in [0.15, 0.2) is 50.6 Å². The lowest BCUT2D eigenvalue weighted by atomic mass is 10.2. The molecule has 0 amide bonds. The first-order valence-electron chi connectivity index (χ1n) is 8.28. The highest BCUT2D eigenvalue weighted by molar-refractivity contribution is 7.99. The number of benzene rings is 2. The van der Waals surface area contributed by atoms with Crippen LogP contribution in [0, 0.1) is 0 Å². The number of fused-ring (bicyclic) bond motifs is 1. The molecule has 2 aromatic rings. The first kappa shape index (κ1) is 21.9. The van der Waals surface area contributed by atoms with Gasteiger partial charge in [-0.15, -0.1) is 16.2 Å². The predicted molar refractivity (Wildman–Crippen MR) is 118 cm³/mol. The number of hydrogen-bond acceptors (Lipinski definition) is 7. The molecule has 12 heteroatoms. The number of hydrogen-bond donors (Lipinski definition) is 2. The van der Waals surface area contributed by atoms with Gasteiger partial charge in [0.15, 0.2) is 0 Å². The summed E-state index contributed by atoms with van der Waals surface area (Å²) in [5, 5.41) is 7.83. The number of amidine groups is 1. The van der Waals surface area contributed by atoms with Gasteiger partial charge in [0.05, 0.1) is 16.5 Å². The van der Waals surface area contributed by atoms with Crippen LogP contribution >= 0.6 is 23.4 Å². The molecular weight excluding hydrogens is 456 g/mol. The van der Waals surface area contributed by atoms with Crippen molar-refractivity contribution in [1.29, 1.82) is 0 Å². The Hall–Kier alpha value is -1.79. The molecule has 0 fully saturated rings. The largest absolute Gasteiger partial charge is 0.378 e. The lowest BCUT2D eigenvalue weighted by molar-refractivity contribution is 0.596. The van der Waals surface area contributed by atoms with Crippen molar-refractivity contribution < 1.29 is 16.8 Å². The van der Waals surface area contributed by atoms with Crippen LogP contribution in [0.2, 0.25) is 5.02 Å². The molecule has 3 N–H and O–H groups in total. The summed E-state index contributed by atoms with van der Waals surface area (Å²) in [6.45, 7) is 0. The normalized spacial score (nSPS) is 15.2. The van der Waals surface area contributed by atoms with Gasteiger partial charge in [0.1, 0.15) is 15.6 Å². The fourth-order valence-corrected chi connectivity index (χ4v) is 5.92. The summed E-state index contributed by atoms with van der Waals surface area (Å²) in [7, 11) is -4.31. The molecule has 156 valence electrons. The second-order valence-corrected chi connectivity index (χ2v) is 11.0. The number of nitrogens with two attached hydrogens (primary N) is 1. The lowest BCUT2D eigenvalue weighted by Crippen LogP contribution is -2.24. The maximum atomic E-state index is 12.5. The number of primary sulfonamides is 1. The summed E-state index contributed by atoms with van der Waals surface area (Å²) in [5.74, 6) is 1.24. The number of halogens is 1. The Morgan fingerprint density at radius 3 is 2.41 bits per heavy atom. The highest BCUT2D eigenvalue weighted by Crippen LogP contribution is 2.34. The molecule has 1 heterocycles. The Bertz CT molecular complexity index is 1180. The van der Waals surface area contributed by atoms with E-state index in [2.05, 4.69) is 9.71 Å². The van der Waals surface area contributed by atoms with Crippen LogP contribution in [0.4, 0.5) is 11.4 Å². The summed E-state index contributed by atoms with van der Waals surface area (Å²) in [6, 6.07) is 10.2. The van der Waals surface area contributed by atoms with Gasteiger partial charge in [-0.05, 0) is 29.8 Å². The van der Waals surface area contributed by atoms with Crippen molar-refractivity contribution in [3.8, 4) is 0 Å². The molecule has 1 aliphatic heterocycles. The molecule has 0 aromatic heterocycles. The zero-order valence-electron chi connectivity index (χ0n) is 15.6. The number of thioether (sulfide) groups is 1. The molecule has 2 aromatic carbocycles. The van der Waals surface area contributed by atoms with E-state index in [1.165, 1.54) is 17.8 Å². The van der Waals surface area contributed by atoms with E-state index in [0.29, 0.717) is 11.5 Å². The first-order valence-corrected chi connectivity index (χ1v) is 12.8. The zero-order valence-corrected chi connectivity index (χ0v) is 18.8. The molecule has 3 rings (SSSR count). The standard InChI is InChI=1S/C17H19ClN4O4S3/c1-22(2)12-5-3-11(4-6-12)9-27-10-17-20-14-7-13(18)15(28(19,23)24)8-16(14)29(25,26)21-17/h3-8H,9-10H2,1-2H3,(H,20,21)(H2,19,23,24). The van der Waals surface area contributed by atoms with Crippen LogP contribution in [-0.4, -0.2) is 42.5 Å². The fourth-order valence-electron chi connectivity index (χ4n) is 2.65. The Morgan fingerprint density at radius 2 is 1.83 bits per heavy atom. The molecule has 0 bridgehead atoms. The van der Waals surface area contributed by atoms with Crippen molar-refractivity contribution in [2.75, 3.05) is 30.1 Å². The predicted octanol–water partition coefficient (Wildman–Crippen LogP) is 2.50. The summed E-state index contributed by atoms with van der Waals surface area (Å²) >= 11 is 7.46. The molecule has 0 saturated heterocycles. The number of nitrogens with one attached hydrogen (secondary N) is 1. The third-order valence-corrected chi connectivity index (χ3v) is 7.83. The van der Waals surface area contributed by atoms with Crippen LogP contribution in [0.1, 0.15) is 5.56 Å². The number of nitrogens with zero attached hydrogens (tertiary/aromatic N) is 2. The van der Waals surface area contributed by atoms with Crippen molar-refractivity contribution in [2.24, 2.45) is 9.54 Å². The Labute approximate surface area is 179 Å². The van der Waals surface area contributed by atoms with Gasteiger partial charge < -0.3 is 10.2 Å². The highest BCUT2D eigenvalue weighted by Gasteiger charge is 2.28. The minimum absolute atomic E-state index is 0.163. The summed E-state index contributed by atoms with van der Waals surface area (Å²) < 4.78 is 51.9. The second-order valence-electron chi connectivity index (χ2n) is 6.52. The van der Waals surface area contributed by atoms with E-state index in [1.54, 1.807) is 0 Å². The average molecular weight is 475 g/mol. The molecule has 29 heavy (non-hydrogen) atoms. The molecule has 0 radical (unpaired) electrons. The van der Waals surface area contributed by atoms with E-state index >= 15 is 0 Å². The lowest BCUT2D eigenvalue weighted by Gasteiger charge is -2.19. The van der Waals surface area contributed by atoms with Crippen LogP contribution in [-0.2, 0) is 25.8 Å². The maximum Gasteiger partial charge on any atom is 0.286 e. The van der Waals surface area contributed by atoms with E-state index in [0.717, 1.165) is 17.3 Å². The van der Waals surface area contributed by atoms with Gasteiger partial charge in [-0.3, -0.25) is 0 Å². The topological polar surface area (TPSA) is 122 Å². The van der Waals surface area contributed by atoms with Crippen molar-refractivity contribution in [3.05, 3.63) is 47.0 Å². The second kappa shape index (κ2) is 8.15. The highest BCUT2D eigenvalue weighted by atomic mass is 35.5. The van der Waals surface area contributed by atoms with Crippen molar-refractivity contribution in [2.45, 2.75) is 15.5 Å². The summed E-state index contributed by atoms with van der Waals surface area (Å²) in [4.78, 5) is 1.27. The van der Waals surface area contributed by atoms with Crippen molar-refractivity contribution in [1.82, 2.24) is 0 Å². The smallest absolute Gasteiger partial charge is 0.286 e. The number of sulfonamides is 2. The average Bonchev–Trinajstić information content (AvgIpc) is 2.60. The van der Waals surface area contributed by atoms with Gasteiger partial charge in [-0.2, -0.15) is 8.42 Å². The third kappa shape index (κ3) is 5.04. The van der Waals surface area contributed by atoms with Crippen LogP contribution in [0.25, 0.3) is 0 Å². The fraction of sp³-hybridized carbons (Fsp3) is 0.235. The van der Waals surface area contributed by atoms with Gasteiger partial charge in [0.25, 0.3) is 10.0 Å². The zero-order chi connectivity index (χ0) is 21.4. The molecule has 0 atom stereocenters. The van der Waals surface area contributed by atoms with Gasteiger partial charge in [0.2, 0.25) is 10.0 Å². The van der Waals surface area contributed by atoms with E-state index in [4.69, 9.17) is 16.7 Å². The molecule has 0 spiro atoms. The summed E-state index contributed by atoms with van der Waals surface area (Å²) in [6.07, 6.45) is 0. The molecule has 0 aliphatic carbocycles. The van der Waals surface area contributed by atoms with Gasteiger partial charge in [0, 0.05) is 25.5 Å². The van der Waals surface area contributed by atoms with Crippen LogP contribution in [0.3, 0.4) is 0 Å². The minimum Gasteiger partial charge on any atom is -0.378 e. The van der Waals surface area contributed by atoms with Crippen molar-refractivity contribution in [3.63, 3.8) is 0 Å². The van der Waals surface area contributed by atoms with E-state index in [-0.39, 0.29) is 21.4 Å². The van der Waals surface area contributed by atoms with Crippen molar-refractivity contribution >= 4 is 60.6 Å². The molecular formula is C17H19ClN4O4S3. The molecule has 1 aliphatic rings. The van der Waals surface area contributed by atoms with Crippen LogP contribution in [0.5, 0.6) is 0 Å². The van der Waals surface area contributed by atoms with Gasteiger partial charge in [-0.1, -0.05) is 23.7 Å². The van der Waals surface area contributed by atoms with Crippen LogP contribution < -0.4 is 15.4 Å². The number of rotatable bonds is 6. The minimum atomic E-state index is -4.16. The van der Waals surface area contributed by atoms with E-state index < -0.39 is 24.9 Å². The Morgan fingerprint density at radius 1 is 1.17 bits per heavy atom. The SMILES string of the molecule is CN(C)c1ccc(CSCC2=NS(=O)(=O)c3cc(S(N)(=O)=O)c(Cl)cc3N2)cc1. The third-order valence-electron chi connectivity index (χ3n) is 4.09. The molecule has 0 unspecified atom stereocenters. The Balaban J connectivity index is 1.75. The molecule has 0 saturated carbocycles. The van der Waals surface area contributed by atoms with Gasteiger partial charge in [-0.25, -0.2) is 13.6 Å². The molecule has 8 nitrogen and oxygen atoms in total. The maximum absolute atomic E-state index is 12.5.